The fourth-order valence-corrected chi connectivity index (χ4v) is 8.63. The molecule has 0 spiro atoms. The first-order chi connectivity index (χ1) is 20.5. The SMILES string of the molecule is Cc1cc(SCC2=C(C(=O)O)N3C(=O)[C@@H](NC(=O)CSc4cc(Cl)ccc4Cl)[C@H]3SC2)cc(CCC(=O)O)[n+]1CCCN. The quantitative estimate of drug-likeness (QED) is 0.132. The van der Waals surface area contributed by atoms with Gasteiger partial charge in [-0.15, -0.1) is 35.3 Å². The third-order valence-corrected chi connectivity index (χ3v) is 11.0. The van der Waals surface area contributed by atoms with Gasteiger partial charge in [-0.2, -0.15) is 4.57 Å². The first-order valence-corrected chi connectivity index (χ1v) is 17.1. The molecule has 0 saturated carbocycles. The molecule has 3 heterocycles. The number of carboxylic acid groups (broad SMARTS) is 2. The van der Waals surface area contributed by atoms with Gasteiger partial charge in [0.1, 0.15) is 23.7 Å². The number of nitrogens with zero attached hydrogens (tertiary/aromatic N) is 2. The summed E-state index contributed by atoms with van der Waals surface area (Å²) in [5.41, 5.74) is 8.06. The lowest BCUT2D eigenvalue weighted by molar-refractivity contribution is -0.710. The maximum Gasteiger partial charge on any atom is 0.352 e. The minimum Gasteiger partial charge on any atom is -0.481 e. The van der Waals surface area contributed by atoms with Crippen molar-refractivity contribution in [3.63, 3.8) is 0 Å². The van der Waals surface area contributed by atoms with E-state index < -0.39 is 29.3 Å². The Kier molecular flexibility index (Phi) is 11.7. The summed E-state index contributed by atoms with van der Waals surface area (Å²) in [4.78, 5) is 52.0. The highest BCUT2D eigenvalue weighted by Crippen LogP contribution is 2.42. The number of thioether (sulfide) groups is 3. The summed E-state index contributed by atoms with van der Waals surface area (Å²) >= 11 is 16.2. The topological polar surface area (TPSA) is 154 Å². The molecule has 2 aliphatic heterocycles. The number of carbonyl (C=O) groups is 4. The number of nitrogens with one attached hydrogen (secondary N) is 1. The molecule has 1 fully saturated rings. The zero-order chi connectivity index (χ0) is 31.3. The van der Waals surface area contributed by atoms with Crippen molar-refractivity contribution in [3.8, 4) is 0 Å². The summed E-state index contributed by atoms with van der Waals surface area (Å²) < 4.78 is 2.07. The number of pyridine rings is 1. The fraction of sp³-hybridized carbons (Fsp3) is 0.393. The van der Waals surface area contributed by atoms with Crippen LogP contribution < -0.4 is 15.6 Å². The van der Waals surface area contributed by atoms with Gasteiger partial charge in [0.25, 0.3) is 5.91 Å². The van der Waals surface area contributed by atoms with Crippen molar-refractivity contribution in [1.82, 2.24) is 10.2 Å². The Balaban J connectivity index is 1.43. The van der Waals surface area contributed by atoms with Gasteiger partial charge in [-0.05, 0) is 30.3 Å². The van der Waals surface area contributed by atoms with Gasteiger partial charge >= 0.3 is 11.9 Å². The van der Waals surface area contributed by atoms with E-state index in [-0.39, 0.29) is 23.8 Å². The number of carboxylic acids is 2. The van der Waals surface area contributed by atoms with Gasteiger partial charge in [0.2, 0.25) is 5.91 Å². The fourth-order valence-electron chi connectivity index (χ4n) is 4.80. The zero-order valence-corrected chi connectivity index (χ0v) is 27.1. The zero-order valence-electron chi connectivity index (χ0n) is 23.2. The summed E-state index contributed by atoms with van der Waals surface area (Å²) in [6.07, 6.45) is 1.10. The molecule has 15 heteroatoms. The van der Waals surface area contributed by atoms with Crippen molar-refractivity contribution in [1.29, 1.82) is 0 Å². The van der Waals surface area contributed by atoms with Crippen molar-refractivity contribution in [2.75, 3.05) is 23.8 Å². The highest BCUT2D eigenvalue weighted by atomic mass is 35.5. The van der Waals surface area contributed by atoms with E-state index in [1.165, 1.54) is 40.2 Å². The van der Waals surface area contributed by atoms with Gasteiger partial charge < -0.3 is 21.3 Å². The Morgan fingerprint density at radius 3 is 2.65 bits per heavy atom. The minimum absolute atomic E-state index is 0.00958. The number of nitrogens with two attached hydrogens (primary N) is 1. The summed E-state index contributed by atoms with van der Waals surface area (Å²) in [5, 5.41) is 22.4. The number of benzene rings is 1. The molecule has 2 amide bonds. The molecule has 0 unspecified atom stereocenters. The number of hydrogen-bond donors (Lipinski definition) is 4. The van der Waals surface area contributed by atoms with E-state index in [9.17, 15) is 29.4 Å². The van der Waals surface area contributed by atoms with Gasteiger partial charge in [-0.1, -0.05) is 23.2 Å². The molecule has 0 radical (unpaired) electrons. The van der Waals surface area contributed by atoms with Crippen LogP contribution in [-0.4, -0.2) is 74.1 Å². The van der Waals surface area contributed by atoms with Gasteiger partial charge in [-0.25, -0.2) is 4.79 Å². The van der Waals surface area contributed by atoms with E-state index >= 15 is 0 Å². The maximum absolute atomic E-state index is 13.1. The maximum atomic E-state index is 13.1. The predicted octanol–water partition coefficient (Wildman–Crippen LogP) is 3.58. The molecule has 230 valence electrons. The Morgan fingerprint density at radius 1 is 1.19 bits per heavy atom. The number of aryl methyl sites for hydroxylation is 2. The molecule has 1 aromatic heterocycles. The molecule has 2 aliphatic rings. The van der Waals surface area contributed by atoms with E-state index in [1.807, 2.05) is 19.1 Å². The van der Waals surface area contributed by atoms with Crippen molar-refractivity contribution < 1.29 is 34.0 Å². The van der Waals surface area contributed by atoms with Crippen LogP contribution in [0.2, 0.25) is 10.0 Å². The number of carbonyl (C=O) groups excluding carboxylic acids is 2. The molecular formula is C28H31Cl2N4O6S3+. The van der Waals surface area contributed by atoms with Crippen molar-refractivity contribution in [2.24, 2.45) is 5.73 Å². The number of rotatable bonds is 14. The average Bonchev–Trinajstić information content (AvgIpc) is 2.96. The smallest absolute Gasteiger partial charge is 0.352 e. The summed E-state index contributed by atoms with van der Waals surface area (Å²) in [7, 11) is 0. The van der Waals surface area contributed by atoms with E-state index in [4.69, 9.17) is 28.9 Å². The number of hydrogen-bond acceptors (Lipinski definition) is 8. The van der Waals surface area contributed by atoms with Crippen LogP contribution in [-0.2, 0) is 32.1 Å². The number of aromatic nitrogens is 1. The van der Waals surface area contributed by atoms with Crippen LogP contribution in [0.5, 0.6) is 0 Å². The van der Waals surface area contributed by atoms with Gasteiger partial charge in [0, 0.05) is 58.2 Å². The molecule has 2 aromatic rings. The van der Waals surface area contributed by atoms with Crippen LogP contribution in [0.4, 0.5) is 0 Å². The molecular weight excluding hydrogens is 655 g/mol. The number of aliphatic carboxylic acids is 2. The van der Waals surface area contributed by atoms with Crippen molar-refractivity contribution in [2.45, 2.75) is 53.9 Å². The molecule has 2 atom stereocenters. The third kappa shape index (κ3) is 8.20. The average molecular weight is 687 g/mol. The second-order valence-electron chi connectivity index (χ2n) is 9.88. The van der Waals surface area contributed by atoms with Crippen LogP contribution in [0.25, 0.3) is 0 Å². The van der Waals surface area contributed by atoms with Crippen molar-refractivity contribution >= 4 is 82.2 Å². The molecule has 1 aromatic carbocycles. The van der Waals surface area contributed by atoms with Crippen LogP contribution in [0, 0.1) is 6.92 Å². The Morgan fingerprint density at radius 2 is 1.95 bits per heavy atom. The summed E-state index contributed by atoms with van der Waals surface area (Å²) in [6.45, 7) is 3.14. The van der Waals surface area contributed by atoms with Crippen LogP contribution in [0.3, 0.4) is 0 Å². The van der Waals surface area contributed by atoms with Gasteiger partial charge in [0.05, 0.1) is 17.2 Å². The van der Waals surface area contributed by atoms with E-state index in [0.717, 1.165) is 22.7 Å². The second kappa shape index (κ2) is 15.0. The lowest BCUT2D eigenvalue weighted by atomic mass is 10.0. The molecule has 43 heavy (non-hydrogen) atoms. The molecule has 5 N–H and O–H groups in total. The van der Waals surface area contributed by atoms with E-state index in [0.29, 0.717) is 51.5 Å². The minimum atomic E-state index is -1.20. The first-order valence-electron chi connectivity index (χ1n) is 13.3. The summed E-state index contributed by atoms with van der Waals surface area (Å²) in [5.74, 6) is -2.19. The lowest BCUT2D eigenvalue weighted by Crippen LogP contribution is -2.70. The van der Waals surface area contributed by atoms with Gasteiger partial charge in [0.15, 0.2) is 11.4 Å². The molecule has 0 aliphatic carbocycles. The molecule has 1 saturated heterocycles. The second-order valence-corrected chi connectivity index (χ2v) is 13.9. The Hall–Kier alpha value is -2.42. The van der Waals surface area contributed by atoms with E-state index in [1.54, 1.807) is 18.2 Å². The molecule has 0 bridgehead atoms. The van der Waals surface area contributed by atoms with E-state index in [2.05, 4.69) is 9.88 Å². The third-order valence-electron chi connectivity index (χ3n) is 6.84. The van der Waals surface area contributed by atoms with Crippen LogP contribution in [0.15, 0.2) is 51.4 Å². The van der Waals surface area contributed by atoms with Crippen LogP contribution in [0.1, 0.15) is 24.2 Å². The standard InChI is InChI=1S/C28H30Cl2N4O6S3/c1-15-9-19(11-18(4-6-23(36)37)33(15)8-2-7-31)41-12-16-13-43-27-24(26(38)34(27)25(16)28(39)40)32-22(35)14-42-21-10-17(29)3-5-20(21)30/h3,5,9-11,24,27H,2,4,6-8,12-14,31H2,1H3,(H2-,32,35,36,37,39,40)/p+1/t24-,27-/m1/s1. The monoisotopic (exact) mass is 685 g/mol. The highest BCUT2D eigenvalue weighted by molar-refractivity contribution is 8.01. The van der Waals surface area contributed by atoms with Crippen LogP contribution >= 0.6 is 58.5 Å². The Labute approximate surface area is 271 Å². The van der Waals surface area contributed by atoms with Gasteiger partial charge in [-0.3, -0.25) is 19.3 Å². The highest BCUT2D eigenvalue weighted by Gasteiger charge is 2.54. The molecule has 4 rings (SSSR count). The predicted molar refractivity (Wildman–Crippen MR) is 169 cm³/mol. The lowest BCUT2D eigenvalue weighted by Gasteiger charge is -2.49. The number of fused-ring (bicyclic) bond motifs is 1. The largest absolute Gasteiger partial charge is 0.481 e. The first kappa shape index (κ1) is 33.5. The normalized spacial score (nSPS) is 17.9. The summed E-state index contributed by atoms with van der Waals surface area (Å²) in [6, 6.07) is 8.05. The number of β-lactam (4-membered cyclic amide) rings is 1. The Bertz CT molecular complexity index is 1470. The number of halogens is 2. The number of amides is 2. The van der Waals surface area contributed by atoms with Crippen molar-refractivity contribution in [3.05, 3.63) is 63.0 Å². The molecule has 10 nitrogen and oxygen atoms in total.